The molecule has 202 valence electrons. The molecule has 2 aliphatic rings. The maximum Gasteiger partial charge on any atom is 0.410 e. The lowest BCUT2D eigenvalue weighted by atomic mass is 9.82. The summed E-state index contributed by atoms with van der Waals surface area (Å²) in [7, 11) is 0. The highest BCUT2D eigenvalue weighted by Crippen LogP contribution is 2.39. The largest absolute Gasteiger partial charge is 0.489 e. The molecular weight excluding hydrogens is 468 g/mol. The average Bonchev–Trinajstić information content (AvgIpc) is 3.23. The van der Waals surface area contributed by atoms with Gasteiger partial charge in [-0.2, -0.15) is 0 Å². The van der Waals surface area contributed by atoms with Gasteiger partial charge in [0, 0.05) is 6.54 Å². The van der Waals surface area contributed by atoms with Crippen LogP contribution in [-0.2, 0) is 16.1 Å². The molecule has 0 aromatic heterocycles. The molecule has 7 heteroatoms. The topological polar surface area (TPSA) is 94.3 Å². The minimum atomic E-state index is -0.886. The maximum atomic E-state index is 12.8. The summed E-state index contributed by atoms with van der Waals surface area (Å²) < 4.78 is 18.1. The van der Waals surface area contributed by atoms with Gasteiger partial charge in [-0.1, -0.05) is 48.5 Å². The third-order valence-corrected chi connectivity index (χ3v) is 7.54. The molecule has 2 unspecified atom stereocenters. The van der Waals surface area contributed by atoms with E-state index in [2.05, 4.69) is 30.3 Å². The highest BCUT2D eigenvalue weighted by Gasteiger charge is 2.48. The van der Waals surface area contributed by atoms with E-state index >= 15 is 0 Å². The molecule has 1 aliphatic carbocycles. The first-order valence-corrected chi connectivity index (χ1v) is 13.4. The van der Waals surface area contributed by atoms with Gasteiger partial charge in [0.25, 0.3) is 0 Å². The second kappa shape index (κ2) is 11.8. The first-order chi connectivity index (χ1) is 17.7. The number of aliphatic hydroxyl groups is 1. The Morgan fingerprint density at radius 3 is 2.41 bits per heavy atom. The Bertz CT molecular complexity index is 1020. The summed E-state index contributed by atoms with van der Waals surface area (Å²) in [6.07, 6.45) is 4.06. The molecule has 1 saturated heterocycles. The van der Waals surface area contributed by atoms with Crippen molar-refractivity contribution >= 4 is 6.09 Å². The van der Waals surface area contributed by atoms with Crippen LogP contribution < -0.4 is 10.5 Å². The first-order valence-electron chi connectivity index (χ1n) is 13.4. The first kappa shape index (κ1) is 27.4. The van der Waals surface area contributed by atoms with E-state index in [1.165, 1.54) is 5.56 Å². The molecule has 1 heterocycles. The van der Waals surface area contributed by atoms with Crippen molar-refractivity contribution in [3.63, 3.8) is 0 Å². The van der Waals surface area contributed by atoms with E-state index in [1.54, 1.807) is 4.90 Å². The summed E-state index contributed by atoms with van der Waals surface area (Å²) >= 11 is 0. The number of hydrogen-bond donors (Lipinski definition) is 2. The van der Waals surface area contributed by atoms with Crippen molar-refractivity contribution in [2.75, 3.05) is 19.8 Å². The predicted molar refractivity (Wildman–Crippen MR) is 144 cm³/mol. The lowest BCUT2D eigenvalue weighted by Gasteiger charge is -2.36. The van der Waals surface area contributed by atoms with E-state index in [4.69, 9.17) is 19.9 Å². The quantitative estimate of drug-likeness (QED) is 0.519. The molecular formula is C30H42N2O5. The van der Waals surface area contributed by atoms with Gasteiger partial charge in [-0.25, -0.2) is 4.79 Å². The zero-order valence-corrected chi connectivity index (χ0v) is 22.4. The number of rotatable bonds is 8. The van der Waals surface area contributed by atoms with Crippen molar-refractivity contribution < 1.29 is 24.1 Å². The van der Waals surface area contributed by atoms with Crippen molar-refractivity contribution in [1.82, 2.24) is 4.90 Å². The van der Waals surface area contributed by atoms with Crippen molar-refractivity contribution in [2.24, 2.45) is 5.73 Å². The summed E-state index contributed by atoms with van der Waals surface area (Å²) in [6.45, 7) is 6.63. The Hall–Kier alpha value is -2.61. The standard InChI is InChI=1S/C30H42N2O5/c1-29(2,3)37-28(34)32-18-17-30(31,21-33)27(32)20-35-24-15-13-23(14-16-24)25-11-7-8-12-26(25)36-19-22-9-5-4-6-10-22/h4-12,23-24,27,33H,13-21,31H2,1-3H3. The van der Waals surface area contributed by atoms with Crippen molar-refractivity contribution in [1.29, 1.82) is 0 Å². The third-order valence-electron chi connectivity index (χ3n) is 7.54. The van der Waals surface area contributed by atoms with E-state index < -0.39 is 23.3 Å². The number of amides is 1. The molecule has 37 heavy (non-hydrogen) atoms. The van der Waals surface area contributed by atoms with Crippen LogP contribution in [0.25, 0.3) is 0 Å². The zero-order chi connectivity index (χ0) is 26.5. The number of likely N-dealkylation sites (tertiary alicyclic amines) is 1. The normalized spacial score (nSPS) is 26.2. The number of benzene rings is 2. The van der Waals surface area contributed by atoms with Crippen LogP contribution in [0.2, 0.25) is 0 Å². The SMILES string of the molecule is CC(C)(C)OC(=O)N1CCC(N)(CO)C1COC1CCC(c2ccccc2OCc2ccccc2)CC1. The summed E-state index contributed by atoms with van der Waals surface area (Å²) in [5.41, 5.74) is 7.43. The third kappa shape index (κ3) is 7.03. The highest BCUT2D eigenvalue weighted by molar-refractivity contribution is 5.69. The fourth-order valence-electron chi connectivity index (χ4n) is 5.39. The van der Waals surface area contributed by atoms with Gasteiger partial charge in [0.15, 0.2) is 0 Å². The second-order valence-corrected chi connectivity index (χ2v) is 11.4. The monoisotopic (exact) mass is 510 g/mol. The van der Waals surface area contributed by atoms with Gasteiger partial charge in [0.1, 0.15) is 18.0 Å². The Morgan fingerprint density at radius 2 is 1.73 bits per heavy atom. The average molecular weight is 511 g/mol. The molecule has 0 spiro atoms. The zero-order valence-electron chi connectivity index (χ0n) is 22.4. The van der Waals surface area contributed by atoms with Gasteiger partial charge < -0.3 is 30.0 Å². The molecule has 3 N–H and O–H groups in total. The molecule has 2 aromatic rings. The molecule has 4 rings (SSSR count). The molecule has 0 radical (unpaired) electrons. The van der Waals surface area contributed by atoms with E-state index in [9.17, 15) is 9.90 Å². The van der Waals surface area contributed by atoms with Crippen molar-refractivity contribution in [3.05, 3.63) is 65.7 Å². The van der Waals surface area contributed by atoms with E-state index in [0.29, 0.717) is 32.1 Å². The van der Waals surface area contributed by atoms with Gasteiger partial charge in [0.05, 0.1) is 30.9 Å². The van der Waals surface area contributed by atoms with Crippen LogP contribution in [0.3, 0.4) is 0 Å². The molecule has 2 aromatic carbocycles. The fraction of sp³-hybridized carbons (Fsp3) is 0.567. The van der Waals surface area contributed by atoms with E-state index in [-0.39, 0.29) is 12.7 Å². The van der Waals surface area contributed by atoms with Gasteiger partial charge in [-0.05, 0) is 76.0 Å². The maximum absolute atomic E-state index is 12.8. The smallest absolute Gasteiger partial charge is 0.410 e. The lowest BCUT2D eigenvalue weighted by molar-refractivity contribution is -0.0296. The molecule has 7 nitrogen and oxygen atoms in total. The predicted octanol–water partition coefficient (Wildman–Crippen LogP) is 5.01. The van der Waals surface area contributed by atoms with Crippen LogP contribution in [0, 0.1) is 0 Å². The van der Waals surface area contributed by atoms with Gasteiger partial charge in [-0.3, -0.25) is 0 Å². The van der Waals surface area contributed by atoms with Crippen LogP contribution >= 0.6 is 0 Å². The number of ether oxygens (including phenoxy) is 3. The fourth-order valence-corrected chi connectivity index (χ4v) is 5.39. The van der Waals surface area contributed by atoms with Crippen LogP contribution in [0.1, 0.15) is 69.9 Å². The lowest BCUT2D eigenvalue weighted by Crippen LogP contribution is -2.58. The minimum Gasteiger partial charge on any atom is -0.489 e. The molecule has 0 bridgehead atoms. The Morgan fingerprint density at radius 1 is 1.05 bits per heavy atom. The summed E-state index contributed by atoms with van der Waals surface area (Å²) in [4.78, 5) is 14.4. The Kier molecular flexibility index (Phi) is 8.78. The summed E-state index contributed by atoms with van der Waals surface area (Å²) in [5.74, 6) is 1.37. The van der Waals surface area contributed by atoms with Crippen molar-refractivity contribution in [2.45, 2.75) is 88.7 Å². The summed E-state index contributed by atoms with van der Waals surface area (Å²) in [5, 5.41) is 10.00. The molecule has 1 aliphatic heterocycles. The van der Waals surface area contributed by atoms with Crippen LogP contribution in [0.15, 0.2) is 54.6 Å². The number of para-hydroxylation sites is 1. The Balaban J connectivity index is 1.32. The Labute approximate surface area is 220 Å². The number of nitrogens with two attached hydrogens (primary N) is 1. The second-order valence-electron chi connectivity index (χ2n) is 11.4. The number of aliphatic hydroxyl groups excluding tert-OH is 1. The number of carbonyl (C=O) groups is 1. The van der Waals surface area contributed by atoms with E-state index in [0.717, 1.165) is 37.0 Å². The number of hydrogen-bond acceptors (Lipinski definition) is 6. The molecule has 2 fully saturated rings. The molecule has 1 amide bonds. The van der Waals surface area contributed by atoms with Crippen LogP contribution in [0.4, 0.5) is 4.79 Å². The van der Waals surface area contributed by atoms with Gasteiger partial charge in [-0.15, -0.1) is 0 Å². The molecule has 1 saturated carbocycles. The van der Waals surface area contributed by atoms with Crippen LogP contribution in [0.5, 0.6) is 5.75 Å². The highest BCUT2D eigenvalue weighted by atomic mass is 16.6. The van der Waals surface area contributed by atoms with Gasteiger partial charge in [0.2, 0.25) is 0 Å². The summed E-state index contributed by atoms with van der Waals surface area (Å²) in [6, 6.07) is 18.1. The van der Waals surface area contributed by atoms with Crippen LogP contribution in [-0.4, -0.2) is 59.1 Å². The number of carbonyl (C=O) groups excluding carboxylic acids is 1. The number of nitrogens with zero attached hydrogens (tertiary/aromatic N) is 1. The van der Waals surface area contributed by atoms with Gasteiger partial charge >= 0.3 is 6.09 Å². The molecule has 2 atom stereocenters. The van der Waals surface area contributed by atoms with Crippen molar-refractivity contribution in [3.8, 4) is 5.75 Å². The minimum absolute atomic E-state index is 0.0951. The van der Waals surface area contributed by atoms with E-state index in [1.807, 2.05) is 45.0 Å².